The molecule has 100 valence electrons. The molecule has 1 unspecified atom stereocenters. The maximum absolute atomic E-state index is 9.97. The summed E-state index contributed by atoms with van der Waals surface area (Å²) in [5, 5.41) is 15.4. The topological polar surface area (TPSA) is 49.6 Å². The Morgan fingerprint density at radius 1 is 1.50 bits per heavy atom. The summed E-state index contributed by atoms with van der Waals surface area (Å²) in [6.07, 6.45) is 0.748. The average molecular weight is 267 g/mol. The minimum atomic E-state index is -0.638. The van der Waals surface area contributed by atoms with Crippen LogP contribution in [0.15, 0.2) is 5.38 Å². The smallest absolute Gasteiger partial charge is 0.194 e. The molecule has 2 rings (SSSR count). The lowest BCUT2D eigenvalue weighted by molar-refractivity contribution is 0.0554. The van der Waals surface area contributed by atoms with Crippen LogP contribution in [0.2, 0.25) is 0 Å². The van der Waals surface area contributed by atoms with Gasteiger partial charge in [-0.05, 0) is 27.2 Å². The molecule has 4 nitrogen and oxygen atoms in total. The third kappa shape index (κ3) is 2.58. The Labute approximate surface area is 112 Å². The molecule has 0 saturated heterocycles. The van der Waals surface area contributed by atoms with Gasteiger partial charge in [0, 0.05) is 24.2 Å². The predicted octanol–water partition coefficient (Wildman–Crippen LogP) is 2.26. The Kier molecular flexibility index (Phi) is 3.75. The van der Waals surface area contributed by atoms with Crippen molar-refractivity contribution in [1.82, 2.24) is 14.7 Å². The first-order valence-electron chi connectivity index (χ1n) is 6.30. The second kappa shape index (κ2) is 4.99. The molecule has 0 radical (unpaired) electrons. The summed E-state index contributed by atoms with van der Waals surface area (Å²) in [5.41, 5.74) is 2.83. The van der Waals surface area contributed by atoms with E-state index in [1.165, 1.54) is 11.4 Å². The zero-order valence-corrected chi connectivity index (χ0v) is 12.3. The van der Waals surface area contributed by atoms with Crippen LogP contribution in [0.25, 0.3) is 4.96 Å². The van der Waals surface area contributed by atoms with E-state index in [1.54, 1.807) is 11.3 Å². The van der Waals surface area contributed by atoms with E-state index in [0.717, 1.165) is 23.6 Å². The van der Waals surface area contributed by atoms with Gasteiger partial charge in [0.2, 0.25) is 0 Å². The van der Waals surface area contributed by atoms with Gasteiger partial charge < -0.3 is 10.4 Å². The lowest BCUT2D eigenvalue weighted by Crippen LogP contribution is -2.37. The van der Waals surface area contributed by atoms with E-state index in [0.29, 0.717) is 6.54 Å². The second-order valence-corrected chi connectivity index (χ2v) is 5.93. The number of hydrogen-bond acceptors (Lipinski definition) is 4. The number of hydrogen-bond donors (Lipinski definition) is 2. The molecule has 2 heterocycles. The van der Waals surface area contributed by atoms with E-state index in [1.807, 2.05) is 20.8 Å². The van der Waals surface area contributed by atoms with Gasteiger partial charge in [0.15, 0.2) is 4.96 Å². The summed E-state index contributed by atoms with van der Waals surface area (Å²) in [6.45, 7) is 9.31. The third-order valence-electron chi connectivity index (χ3n) is 3.39. The molecular weight excluding hydrogens is 246 g/mol. The Balaban J connectivity index is 2.12. The summed E-state index contributed by atoms with van der Waals surface area (Å²) in [7, 11) is 0. The minimum Gasteiger partial charge on any atom is -0.389 e. The van der Waals surface area contributed by atoms with Gasteiger partial charge in [-0.1, -0.05) is 6.92 Å². The van der Waals surface area contributed by atoms with Crippen molar-refractivity contribution in [3.63, 3.8) is 0 Å². The zero-order chi connectivity index (χ0) is 13.3. The Bertz CT molecular complexity index is 542. The SMILES string of the molecule is CCC(C)(O)CNCc1c(C)nc2scc(C)n12. The second-order valence-electron chi connectivity index (χ2n) is 5.09. The monoisotopic (exact) mass is 267 g/mol. The molecule has 5 heteroatoms. The van der Waals surface area contributed by atoms with Crippen LogP contribution in [0.1, 0.15) is 37.4 Å². The molecule has 0 bridgehead atoms. The average Bonchev–Trinajstić information content (AvgIpc) is 2.81. The van der Waals surface area contributed by atoms with E-state index in [-0.39, 0.29) is 0 Å². The number of aromatic nitrogens is 2. The normalized spacial score (nSPS) is 15.2. The van der Waals surface area contributed by atoms with E-state index in [2.05, 4.69) is 27.0 Å². The number of thiazole rings is 1. The van der Waals surface area contributed by atoms with Crippen LogP contribution in [0.4, 0.5) is 0 Å². The van der Waals surface area contributed by atoms with Crippen LogP contribution < -0.4 is 5.32 Å². The van der Waals surface area contributed by atoms with Crippen LogP contribution in [0, 0.1) is 13.8 Å². The van der Waals surface area contributed by atoms with Gasteiger partial charge in [-0.25, -0.2) is 4.98 Å². The molecule has 18 heavy (non-hydrogen) atoms. The summed E-state index contributed by atoms with van der Waals surface area (Å²) < 4.78 is 2.19. The van der Waals surface area contributed by atoms with Crippen molar-refractivity contribution in [1.29, 1.82) is 0 Å². The third-order valence-corrected chi connectivity index (χ3v) is 4.33. The fourth-order valence-corrected chi connectivity index (χ4v) is 2.88. The van der Waals surface area contributed by atoms with Crippen LogP contribution in [-0.2, 0) is 6.54 Å². The molecule has 1 atom stereocenters. The van der Waals surface area contributed by atoms with Gasteiger partial charge in [-0.3, -0.25) is 4.40 Å². The van der Waals surface area contributed by atoms with E-state index in [4.69, 9.17) is 0 Å². The summed E-state index contributed by atoms with van der Waals surface area (Å²) in [6, 6.07) is 0. The predicted molar refractivity (Wildman–Crippen MR) is 75.2 cm³/mol. The number of imidazole rings is 1. The number of fused-ring (bicyclic) bond motifs is 1. The van der Waals surface area contributed by atoms with Crippen molar-refractivity contribution >= 4 is 16.3 Å². The van der Waals surface area contributed by atoms with Crippen LogP contribution in [-0.4, -0.2) is 26.6 Å². The molecule has 0 saturated carbocycles. The molecule has 2 N–H and O–H groups in total. The first-order chi connectivity index (χ1) is 8.44. The largest absolute Gasteiger partial charge is 0.389 e. The number of nitrogens with one attached hydrogen (secondary N) is 1. The minimum absolute atomic E-state index is 0.597. The lowest BCUT2D eigenvalue weighted by Gasteiger charge is -2.21. The molecule has 0 aliphatic rings. The van der Waals surface area contributed by atoms with E-state index in [9.17, 15) is 5.11 Å². The summed E-state index contributed by atoms with van der Waals surface area (Å²) >= 11 is 1.67. The molecule has 0 spiro atoms. The molecular formula is C13H21N3OS. The zero-order valence-electron chi connectivity index (χ0n) is 11.4. The number of rotatable bonds is 5. The highest BCUT2D eigenvalue weighted by molar-refractivity contribution is 7.15. The van der Waals surface area contributed by atoms with Crippen molar-refractivity contribution in [3.8, 4) is 0 Å². The van der Waals surface area contributed by atoms with Gasteiger partial charge in [0.25, 0.3) is 0 Å². The molecule has 0 aromatic carbocycles. The van der Waals surface area contributed by atoms with Crippen LogP contribution >= 0.6 is 11.3 Å². The van der Waals surface area contributed by atoms with Gasteiger partial charge in [0.1, 0.15) is 0 Å². The highest BCUT2D eigenvalue weighted by Gasteiger charge is 2.18. The first kappa shape index (κ1) is 13.5. The number of aryl methyl sites for hydroxylation is 2. The first-order valence-corrected chi connectivity index (χ1v) is 7.17. The van der Waals surface area contributed by atoms with E-state index >= 15 is 0 Å². The Morgan fingerprint density at radius 2 is 2.22 bits per heavy atom. The lowest BCUT2D eigenvalue weighted by atomic mass is 10.0. The van der Waals surface area contributed by atoms with Crippen molar-refractivity contribution < 1.29 is 5.11 Å². The molecule has 0 aliphatic carbocycles. The molecule has 0 amide bonds. The van der Waals surface area contributed by atoms with Crippen molar-refractivity contribution in [3.05, 3.63) is 22.5 Å². The Morgan fingerprint density at radius 3 is 2.89 bits per heavy atom. The van der Waals surface area contributed by atoms with Crippen molar-refractivity contribution in [2.75, 3.05) is 6.54 Å². The van der Waals surface area contributed by atoms with Gasteiger partial charge >= 0.3 is 0 Å². The maximum atomic E-state index is 9.97. The standard InChI is InChI=1S/C13H21N3OS/c1-5-13(4,17)8-14-6-11-10(3)15-12-16(11)9(2)7-18-12/h7,14,17H,5-6,8H2,1-4H3. The van der Waals surface area contributed by atoms with Gasteiger partial charge in [-0.2, -0.15) is 0 Å². The summed E-state index contributed by atoms with van der Waals surface area (Å²) in [4.78, 5) is 5.59. The van der Waals surface area contributed by atoms with Gasteiger partial charge in [-0.15, -0.1) is 11.3 Å². The molecule has 2 aromatic heterocycles. The fraction of sp³-hybridized carbons (Fsp3) is 0.615. The van der Waals surface area contributed by atoms with Crippen molar-refractivity contribution in [2.45, 2.75) is 46.3 Å². The number of aliphatic hydroxyl groups is 1. The van der Waals surface area contributed by atoms with E-state index < -0.39 is 5.60 Å². The summed E-state index contributed by atoms with van der Waals surface area (Å²) in [5.74, 6) is 0. The van der Waals surface area contributed by atoms with Crippen LogP contribution in [0.3, 0.4) is 0 Å². The van der Waals surface area contributed by atoms with Crippen LogP contribution in [0.5, 0.6) is 0 Å². The highest BCUT2D eigenvalue weighted by atomic mass is 32.1. The molecule has 2 aromatic rings. The number of nitrogens with zero attached hydrogens (tertiary/aromatic N) is 2. The van der Waals surface area contributed by atoms with Gasteiger partial charge in [0.05, 0.1) is 17.0 Å². The molecule has 0 aliphatic heterocycles. The molecule has 0 fully saturated rings. The quantitative estimate of drug-likeness (QED) is 0.873. The Hall–Kier alpha value is -0.910. The van der Waals surface area contributed by atoms with Crippen molar-refractivity contribution in [2.24, 2.45) is 0 Å². The fourth-order valence-electron chi connectivity index (χ4n) is 1.95. The highest BCUT2D eigenvalue weighted by Crippen LogP contribution is 2.20. The maximum Gasteiger partial charge on any atom is 0.194 e.